The van der Waals surface area contributed by atoms with Crippen LogP contribution in [0.3, 0.4) is 0 Å². The number of carbonyl (C=O) groups excluding carboxylic acids is 1. The van der Waals surface area contributed by atoms with Crippen LogP contribution in [0.5, 0.6) is 11.5 Å². The maximum atomic E-state index is 12.0. The van der Waals surface area contributed by atoms with Gasteiger partial charge in [-0.15, -0.1) is 0 Å². The summed E-state index contributed by atoms with van der Waals surface area (Å²) in [4.78, 5) is 22.3. The Morgan fingerprint density at radius 2 is 1.78 bits per heavy atom. The van der Waals surface area contributed by atoms with Crippen LogP contribution in [0.4, 0.5) is 11.4 Å². The molecule has 2 aromatic rings. The summed E-state index contributed by atoms with van der Waals surface area (Å²) in [6.07, 6.45) is 0. The van der Waals surface area contributed by atoms with Gasteiger partial charge in [0.1, 0.15) is 18.1 Å². The highest BCUT2D eigenvalue weighted by atomic mass is 79.9. The summed E-state index contributed by atoms with van der Waals surface area (Å²) in [6, 6.07) is 11.0. The van der Waals surface area contributed by atoms with E-state index in [1.165, 1.54) is 18.2 Å². The molecule has 0 aliphatic carbocycles. The van der Waals surface area contributed by atoms with E-state index >= 15 is 0 Å². The quantitative estimate of drug-likeness (QED) is 0.344. The molecule has 0 saturated carbocycles. The van der Waals surface area contributed by atoms with Crippen LogP contribution in [-0.4, -0.2) is 37.3 Å². The smallest absolute Gasteiger partial charge is 0.271 e. The molecule has 0 atom stereocenters. The molecule has 0 aliphatic rings. The number of carbonyl (C=O) groups is 1. The Bertz CT molecular complexity index is 782. The van der Waals surface area contributed by atoms with Gasteiger partial charge in [0.2, 0.25) is 0 Å². The number of anilines is 1. The van der Waals surface area contributed by atoms with Crippen molar-refractivity contribution in [1.29, 1.82) is 0 Å². The fraction of sp³-hybridized carbons (Fsp3) is 0.278. The van der Waals surface area contributed by atoms with Crippen molar-refractivity contribution in [3.05, 3.63) is 57.1 Å². The molecule has 0 spiro atoms. The number of nitro benzene ring substituents is 1. The summed E-state index contributed by atoms with van der Waals surface area (Å²) in [5.74, 6) is 0.737. The molecule has 0 saturated heterocycles. The van der Waals surface area contributed by atoms with Crippen LogP contribution in [0.2, 0.25) is 0 Å². The first-order valence-electron chi connectivity index (χ1n) is 8.16. The molecule has 0 bridgehead atoms. The van der Waals surface area contributed by atoms with Gasteiger partial charge in [-0.1, -0.05) is 0 Å². The van der Waals surface area contributed by atoms with E-state index in [1.54, 1.807) is 24.3 Å². The van der Waals surface area contributed by atoms with Crippen LogP contribution in [-0.2, 0) is 9.53 Å². The molecule has 2 rings (SSSR count). The van der Waals surface area contributed by atoms with Crippen molar-refractivity contribution >= 4 is 33.2 Å². The van der Waals surface area contributed by atoms with Crippen molar-refractivity contribution in [2.24, 2.45) is 0 Å². The number of non-ortho nitro benzene ring substituents is 1. The molecular weight excluding hydrogens is 420 g/mol. The van der Waals surface area contributed by atoms with Gasteiger partial charge in [-0.2, -0.15) is 0 Å². The van der Waals surface area contributed by atoms with Crippen molar-refractivity contribution in [2.75, 3.05) is 31.7 Å². The van der Waals surface area contributed by atoms with Gasteiger partial charge in [-0.25, -0.2) is 0 Å². The Morgan fingerprint density at radius 1 is 1.11 bits per heavy atom. The minimum Gasteiger partial charge on any atom is -0.491 e. The van der Waals surface area contributed by atoms with Gasteiger partial charge in [0.15, 0.2) is 6.61 Å². The molecule has 1 amide bonds. The largest absolute Gasteiger partial charge is 0.491 e. The van der Waals surface area contributed by atoms with E-state index in [2.05, 4.69) is 21.2 Å². The average molecular weight is 439 g/mol. The van der Waals surface area contributed by atoms with Crippen LogP contribution in [0.15, 0.2) is 46.9 Å². The molecule has 2 aromatic carbocycles. The van der Waals surface area contributed by atoms with Gasteiger partial charge in [0, 0.05) is 23.2 Å². The summed E-state index contributed by atoms with van der Waals surface area (Å²) >= 11 is 3.24. The Kier molecular flexibility index (Phi) is 8.02. The van der Waals surface area contributed by atoms with E-state index in [9.17, 15) is 14.9 Å². The number of hydrogen-bond acceptors (Lipinski definition) is 6. The molecule has 27 heavy (non-hydrogen) atoms. The lowest BCUT2D eigenvalue weighted by Crippen LogP contribution is -2.20. The molecule has 9 heteroatoms. The third kappa shape index (κ3) is 6.87. The monoisotopic (exact) mass is 438 g/mol. The summed E-state index contributed by atoms with van der Waals surface area (Å²) < 4.78 is 16.6. The highest BCUT2D eigenvalue weighted by Gasteiger charge is 2.12. The van der Waals surface area contributed by atoms with Gasteiger partial charge in [-0.05, 0) is 53.2 Å². The number of nitrogens with one attached hydrogen (secondary N) is 1. The average Bonchev–Trinajstić information content (AvgIpc) is 2.66. The second kappa shape index (κ2) is 10.5. The minimum absolute atomic E-state index is 0.116. The topological polar surface area (TPSA) is 99.9 Å². The Hall–Kier alpha value is -2.65. The van der Waals surface area contributed by atoms with Crippen LogP contribution in [0, 0.1) is 10.1 Å². The number of ether oxygens (including phenoxy) is 3. The standard InChI is InChI=1S/C18H19BrN2O6/c1-2-25-9-10-26-14-4-6-15(7-5-14)27-12-18(22)20-17-11-13(21(23)24)3-8-16(17)19/h3-8,11H,2,9-10,12H2,1H3,(H,20,22). The van der Waals surface area contributed by atoms with E-state index < -0.39 is 10.8 Å². The van der Waals surface area contributed by atoms with Crippen molar-refractivity contribution in [1.82, 2.24) is 0 Å². The number of halogens is 1. The lowest BCUT2D eigenvalue weighted by Gasteiger charge is -2.10. The Labute approximate surface area is 164 Å². The van der Waals surface area contributed by atoms with Crippen molar-refractivity contribution in [3.63, 3.8) is 0 Å². The molecule has 0 fully saturated rings. The maximum absolute atomic E-state index is 12.0. The molecule has 0 heterocycles. The minimum atomic E-state index is -0.531. The lowest BCUT2D eigenvalue weighted by molar-refractivity contribution is -0.384. The SMILES string of the molecule is CCOCCOc1ccc(OCC(=O)Nc2cc([N+](=O)[O-])ccc2Br)cc1. The van der Waals surface area contributed by atoms with Gasteiger partial charge in [0.05, 0.1) is 17.2 Å². The van der Waals surface area contributed by atoms with Crippen molar-refractivity contribution in [3.8, 4) is 11.5 Å². The number of amides is 1. The van der Waals surface area contributed by atoms with E-state index in [1.807, 2.05) is 6.92 Å². The van der Waals surface area contributed by atoms with Gasteiger partial charge >= 0.3 is 0 Å². The number of nitrogens with zero attached hydrogens (tertiary/aromatic N) is 1. The zero-order chi connectivity index (χ0) is 19.6. The van der Waals surface area contributed by atoms with E-state index in [4.69, 9.17) is 14.2 Å². The summed E-state index contributed by atoms with van der Waals surface area (Å²) in [6.45, 7) is 3.29. The van der Waals surface area contributed by atoms with E-state index in [0.29, 0.717) is 41.5 Å². The first-order chi connectivity index (χ1) is 13.0. The predicted octanol–water partition coefficient (Wildman–Crippen LogP) is 3.79. The van der Waals surface area contributed by atoms with Crippen LogP contribution in [0.25, 0.3) is 0 Å². The summed E-state index contributed by atoms with van der Waals surface area (Å²) in [5.41, 5.74) is 0.185. The van der Waals surface area contributed by atoms with Gasteiger partial charge in [-0.3, -0.25) is 14.9 Å². The predicted molar refractivity (Wildman–Crippen MR) is 103 cm³/mol. The van der Waals surface area contributed by atoms with Crippen LogP contribution < -0.4 is 14.8 Å². The molecule has 1 N–H and O–H groups in total. The highest BCUT2D eigenvalue weighted by molar-refractivity contribution is 9.10. The zero-order valence-electron chi connectivity index (χ0n) is 14.6. The summed E-state index contributed by atoms with van der Waals surface area (Å²) in [5, 5.41) is 13.4. The Morgan fingerprint density at radius 3 is 2.41 bits per heavy atom. The maximum Gasteiger partial charge on any atom is 0.271 e. The van der Waals surface area contributed by atoms with Crippen molar-refractivity contribution < 1.29 is 23.9 Å². The zero-order valence-corrected chi connectivity index (χ0v) is 16.2. The Balaban J connectivity index is 1.83. The van der Waals surface area contributed by atoms with Crippen LogP contribution >= 0.6 is 15.9 Å². The molecule has 8 nitrogen and oxygen atoms in total. The summed E-state index contributed by atoms with van der Waals surface area (Å²) in [7, 11) is 0. The molecule has 0 aromatic heterocycles. The van der Waals surface area contributed by atoms with Gasteiger partial charge < -0.3 is 19.5 Å². The number of hydrogen-bond donors (Lipinski definition) is 1. The first-order valence-corrected chi connectivity index (χ1v) is 8.96. The van der Waals surface area contributed by atoms with E-state index in [0.717, 1.165) is 0 Å². The lowest BCUT2D eigenvalue weighted by atomic mass is 10.3. The number of nitro groups is 1. The van der Waals surface area contributed by atoms with Crippen molar-refractivity contribution in [2.45, 2.75) is 6.92 Å². The van der Waals surface area contributed by atoms with Crippen LogP contribution in [0.1, 0.15) is 6.92 Å². The normalized spacial score (nSPS) is 10.3. The fourth-order valence-corrected chi connectivity index (χ4v) is 2.40. The number of rotatable bonds is 10. The highest BCUT2D eigenvalue weighted by Crippen LogP contribution is 2.27. The second-order valence-electron chi connectivity index (χ2n) is 5.27. The van der Waals surface area contributed by atoms with E-state index in [-0.39, 0.29) is 12.3 Å². The first kappa shape index (κ1) is 20.7. The molecule has 0 radical (unpaired) electrons. The molecule has 0 unspecified atom stereocenters. The second-order valence-corrected chi connectivity index (χ2v) is 6.13. The molecule has 0 aliphatic heterocycles. The number of benzene rings is 2. The molecular formula is C18H19BrN2O6. The molecule has 144 valence electrons. The van der Waals surface area contributed by atoms with Gasteiger partial charge in [0.25, 0.3) is 11.6 Å². The third-order valence-corrected chi connectivity index (χ3v) is 4.02. The fourth-order valence-electron chi connectivity index (χ4n) is 2.05. The third-order valence-electron chi connectivity index (χ3n) is 3.33.